The number of fused-ring (bicyclic) bond motifs is 5. The molecule has 0 unspecified atom stereocenters. The third-order valence-electron chi connectivity index (χ3n) is 9.69. The van der Waals surface area contributed by atoms with Gasteiger partial charge in [-0.1, -0.05) is 55.4 Å². The van der Waals surface area contributed by atoms with Crippen LogP contribution in [0.1, 0.15) is 100 Å². The molecule has 3 aliphatic carbocycles. The van der Waals surface area contributed by atoms with Gasteiger partial charge in [-0.25, -0.2) is 0 Å². The summed E-state index contributed by atoms with van der Waals surface area (Å²) in [6.45, 7) is 18.6. The molecule has 4 rings (SSSR count). The van der Waals surface area contributed by atoms with Crippen molar-refractivity contribution in [2.75, 3.05) is 6.54 Å². The van der Waals surface area contributed by atoms with E-state index in [1.807, 2.05) is 27.7 Å². The van der Waals surface area contributed by atoms with Crippen LogP contribution in [0.25, 0.3) is 0 Å². The highest BCUT2D eigenvalue weighted by molar-refractivity contribution is 6.46. The SMILES string of the molecule is CC(C)[C@H]1CC[C@@]2(C)C(=NC[C@@H]3[C@@H]2CC[C@]2(C)C(=O)CC[C@@H]32)C1.CC(C)[Si](=O)C(C)C. The summed E-state index contributed by atoms with van der Waals surface area (Å²) >= 11 is 0. The second-order valence-electron chi connectivity index (χ2n) is 12.5. The maximum Gasteiger partial charge on any atom is 0.281 e. The average Bonchev–Trinajstić information content (AvgIpc) is 3.01. The predicted octanol–water partition coefficient (Wildman–Crippen LogP) is 7.14. The average molecular weight is 446 g/mol. The van der Waals surface area contributed by atoms with Crippen LogP contribution in [-0.2, 0) is 9.26 Å². The van der Waals surface area contributed by atoms with Gasteiger partial charge in [0.25, 0.3) is 8.68 Å². The minimum Gasteiger partial charge on any atom is -0.388 e. The van der Waals surface area contributed by atoms with Crippen LogP contribution in [-0.4, -0.2) is 26.7 Å². The van der Waals surface area contributed by atoms with Gasteiger partial charge in [-0.2, -0.15) is 0 Å². The number of nitrogens with zero attached hydrogens (tertiary/aromatic N) is 1. The fourth-order valence-electron chi connectivity index (χ4n) is 7.41. The summed E-state index contributed by atoms with van der Waals surface area (Å²) in [7, 11) is -1.27. The van der Waals surface area contributed by atoms with Gasteiger partial charge < -0.3 is 4.46 Å². The molecular weight excluding hydrogens is 398 g/mol. The van der Waals surface area contributed by atoms with Gasteiger partial charge in [0, 0.05) is 29.5 Å². The van der Waals surface area contributed by atoms with Crippen molar-refractivity contribution >= 4 is 20.2 Å². The third-order valence-corrected chi connectivity index (χ3v) is 12.0. The Labute approximate surface area is 192 Å². The Morgan fingerprint density at radius 1 is 0.903 bits per heavy atom. The summed E-state index contributed by atoms with van der Waals surface area (Å²) in [4.78, 5) is 17.6. The first-order chi connectivity index (χ1) is 14.4. The van der Waals surface area contributed by atoms with Crippen LogP contribution in [0.5, 0.6) is 0 Å². The standard InChI is InChI=1S/C21H33NO.C6H14OSi/c1-13(2)14-7-9-20(3)17-8-10-21(4)16(5-6-19(21)23)15(17)12-22-18(20)11-14;1-5(2)8(7)6(3)4/h13-17H,5-12H2,1-4H3;5-6H,1-4H3/t14-,15-,16-,17-,20+,21-;/m0./s1. The Hall–Kier alpha value is -0.643. The topological polar surface area (TPSA) is 46.5 Å². The number of ketones is 1. The molecule has 4 heteroatoms. The number of Topliss-reactive ketones (excluding diaryl/α,β-unsaturated/α-hetero) is 1. The molecule has 0 amide bonds. The summed E-state index contributed by atoms with van der Waals surface area (Å²) < 4.78 is 11.0. The van der Waals surface area contributed by atoms with Crippen LogP contribution in [0.3, 0.4) is 0 Å². The molecule has 0 bridgehead atoms. The summed E-state index contributed by atoms with van der Waals surface area (Å²) in [6, 6.07) is 0. The van der Waals surface area contributed by atoms with Gasteiger partial charge in [0.1, 0.15) is 5.78 Å². The number of hydrogen-bond acceptors (Lipinski definition) is 3. The number of carbonyl (C=O) groups is 1. The van der Waals surface area contributed by atoms with Crippen LogP contribution in [0.4, 0.5) is 0 Å². The molecule has 3 fully saturated rings. The quantitative estimate of drug-likeness (QED) is 0.433. The number of aliphatic imine (C=N–C) groups is 1. The van der Waals surface area contributed by atoms with Crippen LogP contribution >= 0.6 is 0 Å². The zero-order valence-corrected chi connectivity index (χ0v) is 22.5. The molecule has 1 heterocycles. The molecule has 0 radical (unpaired) electrons. The Balaban J connectivity index is 0.000000293. The van der Waals surface area contributed by atoms with Gasteiger partial charge >= 0.3 is 0 Å². The first-order valence-corrected chi connectivity index (χ1v) is 14.6. The van der Waals surface area contributed by atoms with Gasteiger partial charge in [-0.05, 0) is 79.2 Å². The highest BCUT2D eigenvalue weighted by atomic mass is 28.3. The molecule has 176 valence electrons. The minimum absolute atomic E-state index is 0.0142. The number of rotatable bonds is 3. The van der Waals surface area contributed by atoms with Crippen molar-refractivity contribution in [3.05, 3.63) is 0 Å². The first-order valence-electron chi connectivity index (χ1n) is 13.0. The van der Waals surface area contributed by atoms with Crippen LogP contribution in [0, 0.1) is 40.4 Å². The molecule has 4 aliphatic rings. The van der Waals surface area contributed by atoms with E-state index in [2.05, 4.69) is 27.7 Å². The van der Waals surface area contributed by atoms with Gasteiger partial charge in [0.05, 0.1) is 0 Å². The molecule has 0 aromatic heterocycles. The van der Waals surface area contributed by atoms with Crippen molar-refractivity contribution in [3.63, 3.8) is 0 Å². The molecule has 3 nitrogen and oxygen atoms in total. The van der Waals surface area contributed by atoms with Gasteiger partial charge in [-0.15, -0.1) is 0 Å². The molecule has 0 N–H and O–H groups in total. The zero-order valence-electron chi connectivity index (χ0n) is 21.5. The fraction of sp³-hybridized carbons (Fsp3) is 0.926. The molecule has 1 aliphatic heterocycles. The highest BCUT2D eigenvalue weighted by Gasteiger charge is 2.59. The van der Waals surface area contributed by atoms with Crippen LogP contribution in [0.15, 0.2) is 4.99 Å². The van der Waals surface area contributed by atoms with Gasteiger partial charge in [0.15, 0.2) is 0 Å². The summed E-state index contributed by atoms with van der Waals surface area (Å²) in [5, 5.41) is 0. The predicted molar refractivity (Wildman–Crippen MR) is 131 cm³/mol. The second kappa shape index (κ2) is 9.31. The second-order valence-corrected chi connectivity index (χ2v) is 15.6. The van der Waals surface area contributed by atoms with E-state index in [-0.39, 0.29) is 5.41 Å². The summed E-state index contributed by atoms with van der Waals surface area (Å²) in [6.07, 6.45) is 8.28. The lowest BCUT2D eigenvalue weighted by molar-refractivity contribution is -0.131. The third kappa shape index (κ3) is 4.57. The van der Waals surface area contributed by atoms with E-state index in [0.717, 1.165) is 43.6 Å². The van der Waals surface area contributed by atoms with E-state index in [9.17, 15) is 9.26 Å². The van der Waals surface area contributed by atoms with Crippen LogP contribution < -0.4 is 0 Å². The van der Waals surface area contributed by atoms with Crippen molar-refractivity contribution < 1.29 is 9.26 Å². The lowest BCUT2D eigenvalue weighted by Gasteiger charge is -2.56. The fourth-order valence-corrected chi connectivity index (χ4v) is 8.75. The van der Waals surface area contributed by atoms with E-state index in [1.165, 1.54) is 31.4 Å². The Bertz CT molecular complexity index is 717. The lowest BCUT2D eigenvalue weighted by Crippen LogP contribution is -2.54. The van der Waals surface area contributed by atoms with Crippen molar-refractivity contribution in [1.82, 2.24) is 0 Å². The van der Waals surface area contributed by atoms with E-state index in [4.69, 9.17) is 4.99 Å². The van der Waals surface area contributed by atoms with Crippen LogP contribution in [0.2, 0.25) is 11.1 Å². The smallest absolute Gasteiger partial charge is 0.281 e. The Morgan fingerprint density at radius 2 is 1.48 bits per heavy atom. The zero-order chi connectivity index (χ0) is 23.1. The normalized spacial score (nSPS) is 39.5. The highest BCUT2D eigenvalue weighted by Crippen LogP contribution is 2.61. The molecule has 0 spiro atoms. The summed E-state index contributed by atoms with van der Waals surface area (Å²) in [5.41, 5.74) is 2.64. The van der Waals surface area contributed by atoms with E-state index < -0.39 is 8.68 Å². The molecule has 3 saturated carbocycles. The molecule has 6 atom stereocenters. The monoisotopic (exact) mass is 445 g/mol. The number of hydrogen-bond donors (Lipinski definition) is 0. The number of carbonyl (C=O) groups excluding carboxylic acids is 1. The van der Waals surface area contributed by atoms with Gasteiger partial charge in [0.2, 0.25) is 0 Å². The lowest BCUT2D eigenvalue weighted by atomic mass is 9.49. The molecular formula is C27H47NO2Si. The van der Waals surface area contributed by atoms with E-state index >= 15 is 0 Å². The molecule has 0 aromatic rings. The van der Waals surface area contributed by atoms with Crippen molar-refractivity contribution in [1.29, 1.82) is 0 Å². The minimum atomic E-state index is -1.27. The van der Waals surface area contributed by atoms with E-state index in [1.54, 1.807) is 0 Å². The Morgan fingerprint density at radius 3 is 2.03 bits per heavy atom. The maximum atomic E-state index is 12.4. The maximum absolute atomic E-state index is 12.4. The van der Waals surface area contributed by atoms with Crippen molar-refractivity contribution in [2.45, 2.75) is 111 Å². The Kier molecular flexibility index (Phi) is 7.50. The van der Waals surface area contributed by atoms with Crippen molar-refractivity contribution in [2.24, 2.45) is 45.4 Å². The molecule has 31 heavy (non-hydrogen) atoms. The van der Waals surface area contributed by atoms with E-state index in [0.29, 0.717) is 34.1 Å². The van der Waals surface area contributed by atoms with Crippen molar-refractivity contribution in [3.8, 4) is 0 Å². The largest absolute Gasteiger partial charge is 0.388 e. The first kappa shape index (κ1) is 25.0. The molecule has 0 aromatic carbocycles. The summed E-state index contributed by atoms with van der Waals surface area (Å²) in [5.74, 6) is 4.22. The van der Waals surface area contributed by atoms with Gasteiger partial charge in [-0.3, -0.25) is 9.79 Å². The molecule has 0 saturated heterocycles.